The minimum atomic E-state index is -0.431. The summed E-state index contributed by atoms with van der Waals surface area (Å²) in [6, 6.07) is 18.6. The number of methoxy groups -OCH3 is 1. The van der Waals surface area contributed by atoms with Gasteiger partial charge in [0.25, 0.3) is 5.91 Å². The number of amides is 2. The van der Waals surface area contributed by atoms with Gasteiger partial charge in [0, 0.05) is 5.56 Å². The van der Waals surface area contributed by atoms with E-state index in [0.717, 1.165) is 29.2 Å². The number of rotatable bonds is 8. The summed E-state index contributed by atoms with van der Waals surface area (Å²) < 4.78 is 11.0. The number of hydrogen-bond donors (Lipinski definition) is 2. The van der Waals surface area contributed by atoms with Gasteiger partial charge in [-0.05, 0) is 41.0 Å². The van der Waals surface area contributed by atoms with Crippen molar-refractivity contribution in [1.82, 2.24) is 10.9 Å². The van der Waals surface area contributed by atoms with Gasteiger partial charge in [0.05, 0.1) is 20.1 Å². The molecule has 0 spiro atoms. The van der Waals surface area contributed by atoms with Crippen LogP contribution >= 0.6 is 0 Å². The molecule has 3 rings (SSSR count). The molecule has 30 heavy (non-hydrogen) atoms. The van der Waals surface area contributed by atoms with Crippen LogP contribution in [0.5, 0.6) is 11.5 Å². The first-order valence-electron chi connectivity index (χ1n) is 9.99. The molecule has 0 saturated heterocycles. The molecule has 2 N–H and O–H groups in total. The maximum atomic E-state index is 12.4. The van der Waals surface area contributed by atoms with Crippen molar-refractivity contribution < 1.29 is 19.1 Å². The zero-order valence-electron chi connectivity index (χ0n) is 17.2. The fourth-order valence-corrected chi connectivity index (χ4v) is 3.12. The summed E-state index contributed by atoms with van der Waals surface area (Å²) in [5.74, 6) is 0.328. The first-order valence-corrected chi connectivity index (χ1v) is 9.99. The van der Waals surface area contributed by atoms with E-state index in [4.69, 9.17) is 9.47 Å². The van der Waals surface area contributed by atoms with E-state index in [1.165, 1.54) is 7.11 Å². The number of unbranched alkanes of at least 4 members (excludes halogenated alkanes) is 1. The molecule has 2 amide bonds. The summed E-state index contributed by atoms with van der Waals surface area (Å²) in [5, 5.41) is 2.09. The van der Waals surface area contributed by atoms with Crippen LogP contribution in [0.4, 0.5) is 0 Å². The number of nitrogens with one attached hydrogen (secondary N) is 2. The predicted molar refractivity (Wildman–Crippen MR) is 117 cm³/mol. The Hall–Kier alpha value is -3.54. The second kappa shape index (κ2) is 10.3. The lowest BCUT2D eigenvalue weighted by Gasteiger charge is -2.13. The van der Waals surface area contributed by atoms with Crippen LogP contribution in [0.2, 0.25) is 0 Å². The molecule has 0 aliphatic heterocycles. The largest absolute Gasteiger partial charge is 0.493 e. The van der Waals surface area contributed by atoms with Crippen LogP contribution in [0.25, 0.3) is 10.8 Å². The highest BCUT2D eigenvalue weighted by Gasteiger charge is 2.13. The normalized spacial score (nSPS) is 10.5. The second-order valence-electron chi connectivity index (χ2n) is 6.89. The van der Waals surface area contributed by atoms with Crippen molar-refractivity contribution in [3.63, 3.8) is 0 Å². The Morgan fingerprint density at radius 2 is 1.73 bits per heavy atom. The van der Waals surface area contributed by atoms with E-state index in [1.807, 2.05) is 42.5 Å². The zero-order chi connectivity index (χ0) is 21.3. The summed E-state index contributed by atoms with van der Waals surface area (Å²) in [4.78, 5) is 24.8. The standard InChI is InChI=1S/C24H26N2O4/c1-3-4-14-30-21-13-12-19(15-22(21)29-2)24(28)26-25-23(27)16-18-10-7-9-17-8-5-6-11-20(17)18/h5-13,15H,3-4,14,16H2,1-2H3,(H,25,27)(H,26,28). The van der Waals surface area contributed by atoms with Gasteiger partial charge in [-0.15, -0.1) is 0 Å². The Kier molecular flexibility index (Phi) is 7.27. The summed E-state index contributed by atoms with van der Waals surface area (Å²) in [6.07, 6.45) is 2.13. The third-order valence-electron chi connectivity index (χ3n) is 4.73. The fraction of sp³-hybridized carbons (Fsp3) is 0.250. The molecule has 156 valence electrons. The fourth-order valence-electron chi connectivity index (χ4n) is 3.12. The van der Waals surface area contributed by atoms with E-state index in [9.17, 15) is 9.59 Å². The minimum absolute atomic E-state index is 0.162. The molecular weight excluding hydrogens is 380 g/mol. The lowest BCUT2D eigenvalue weighted by molar-refractivity contribution is -0.121. The van der Waals surface area contributed by atoms with E-state index in [1.54, 1.807) is 18.2 Å². The Balaban J connectivity index is 1.60. The van der Waals surface area contributed by atoms with Crippen LogP contribution in [0, 0.1) is 0 Å². The topological polar surface area (TPSA) is 76.7 Å². The van der Waals surface area contributed by atoms with E-state index in [-0.39, 0.29) is 12.3 Å². The molecule has 3 aromatic carbocycles. The van der Waals surface area contributed by atoms with Gasteiger partial charge >= 0.3 is 0 Å². The van der Waals surface area contributed by atoms with Crippen LogP contribution in [0.1, 0.15) is 35.7 Å². The second-order valence-corrected chi connectivity index (χ2v) is 6.89. The lowest BCUT2D eigenvalue weighted by atomic mass is 10.0. The molecule has 0 fully saturated rings. The van der Waals surface area contributed by atoms with Crippen molar-refractivity contribution >= 4 is 22.6 Å². The van der Waals surface area contributed by atoms with Crippen LogP contribution in [-0.4, -0.2) is 25.5 Å². The highest BCUT2D eigenvalue weighted by atomic mass is 16.5. The lowest BCUT2D eigenvalue weighted by Crippen LogP contribution is -2.42. The SMILES string of the molecule is CCCCOc1ccc(C(=O)NNC(=O)Cc2cccc3ccccc23)cc1OC. The molecule has 3 aromatic rings. The van der Waals surface area contributed by atoms with Gasteiger partial charge in [0.15, 0.2) is 11.5 Å². The first kappa shape index (κ1) is 21.2. The third kappa shape index (κ3) is 5.29. The van der Waals surface area contributed by atoms with Crippen molar-refractivity contribution in [3.8, 4) is 11.5 Å². The minimum Gasteiger partial charge on any atom is -0.493 e. The maximum Gasteiger partial charge on any atom is 0.269 e. The number of ether oxygens (including phenoxy) is 2. The third-order valence-corrected chi connectivity index (χ3v) is 4.73. The summed E-state index contributed by atoms with van der Waals surface area (Å²) >= 11 is 0. The number of hydrogen-bond acceptors (Lipinski definition) is 4. The molecule has 0 unspecified atom stereocenters. The van der Waals surface area contributed by atoms with Crippen LogP contribution in [0.3, 0.4) is 0 Å². The Morgan fingerprint density at radius 3 is 2.53 bits per heavy atom. The van der Waals surface area contributed by atoms with Crippen molar-refractivity contribution in [2.75, 3.05) is 13.7 Å². The molecule has 0 aliphatic rings. The highest BCUT2D eigenvalue weighted by Crippen LogP contribution is 2.28. The predicted octanol–water partition coefficient (Wildman–Crippen LogP) is 4.03. The van der Waals surface area contributed by atoms with Crippen molar-refractivity contribution in [2.24, 2.45) is 0 Å². The molecule has 0 saturated carbocycles. The Labute approximate surface area is 176 Å². The summed E-state index contributed by atoms with van der Waals surface area (Å²) in [7, 11) is 1.52. The van der Waals surface area contributed by atoms with E-state index < -0.39 is 5.91 Å². The summed E-state index contributed by atoms with van der Waals surface area (Å²) in [5.41, 5.74) is 6.19. The van der Waals surface area contributed by atoms with Crippen molar-refractivity contribution in [3.05, 3.63) is 71.8 Å². The van der Waals surface area contributed by atoms with Crippen LogP contribution in [0.15, 0.2) is 60.7 Å². The Bertz CT molecular complexity index is 1030. The molecule has 0 aromatic heterocycles. The maximum absolute atomic E-state index is 12.4. The van der Waals surface area contributed by atoms with Gasteiger partial charge in [-0.1, -0.05) is 55.8 Å². The zero-order valence-corrected chi connectivity index (χ0v) is 17.2. The molecular formula is C24H26N2O4. The number of fused-ring (bicyclic) bond motifs is 1. The number of carbonyl (C=O) groups excluding carboxylic acids is 2. The quantitative estimate of drug-likeness (QED) is 0.437. The molecule has 0 atom stereocenters. The summed E-state index contributed by atoms with van der Waals surface area (Å²) in [6.45, 7) is 2.67. The monoisotopic (exact) mass is 406 g/mol. The van der Waals surface area contributed by atoms with Crippen LogP contribution in [-0.2, 0) is 11.2 Å². The molecule has 0 radical (unpaired) electrons. The van der Waals surface area contributed by atoms with Gasteiger partial charge in [0.2, 0.25) is 5.91 Å². The number of benzene rings is 3. The van der Waals surface area contributed by atoms with Gasteiger partial charge in [-0.25, -0.2) is 0 Å². The van der Waals surface area contributed by atoms with Crippen molar-refractivity contribution in [2.45, 2.75) is 26.2 Å². The highest BCUT2D eigenvalue weighted by molar-refractivity contribution is 5.96. The van der Waals surface area contributed by atoms with Gasteiger partial charge < -0.3 is 9.47 Å². The smallest absolute Gasteiger partial charge is 0.269 e. The van der Waals surface area contributed by atoms with Crippen molar-refractivity contribution in [1.29, 1.82) is 0 Å². The van der Waals surface area contributed by atoms with E-state index >= 15 is 0 Å². The molecule has 0 bridgehead atoms. The molecule has 0 heterocycles. The molecule has 6 heteroatoms. The Morgan fingerprint density at radius 1 is 0.933 bits per heavy atom. The van der Waals surface area contributed by atoms with Gasteiger partial charge in [-0.3, -0.25) is 20.4 Å². The van der Waals surface area contributed by atoms with Gasteiger partial charge in [-0.2, -0.15) is 0 Å². The number of hydrazine groups is 1. The van der Waals surface area contributed by atoms with E-state index in [2.05, 4.69) is 17.8 Å². The number of carbonyl (C=O) groups is 2. The first-order chi connectivity index (χ1) is 14.6. The molecule has 0 aliphatic carbocycles. The van der Waals surface area contributed by atoms with Crippen LogP contribution < -0.4 is 20.3 Å². The average molecular weight is 406 g/mol. The molecule has 6 nitrogen and oxygen atoms in total. The van der Waals surface area contributed by atoms with E-state index in [0.29, 0.717) is 23.7 Å². The average Bonchev–Trinajstić information content (AvgIpc) is 2.78. The van der Waals surface area contributed by atoms with Gasteiger partial charge in [0.1, 0.15) is 0 Å².